The van der Waals surface area contributed by atoms with Crippen molar-refractivity contribution >= 4 is 67.0 Å². The molecule has 28 heavy (non-hydrogen) atoms. The molecule has 0 heterocycles. The van der Waals surface area contributed by atoms with Gasteiger partial charge in [-0.25, -0.2) is 0 Å². The van der Waals surface area contributed by atoms with Crippen molar-refractivity contribution in [3.05, 3.63) is 78.7 Å². The second-order valence-electron chi connectivity index (χ2n) is 8.51. The minimum atomic E-state index is -4.41. The van der Waals surface area contributed by atoms with E-state index >= 15 is 0 Å². The Bertz CT molecular complexity index is 981. The van der Waals surface area contributed by atoms with Crippen LogP contribution in [0.2, 0.25) is 13.1 Å². The Hall–Kier alpha value is 0.560. The molecule has 2 aliphatic carbocycles. The molecule has 0 spiro atoms. The van der Waals surface area contributed by atoms with E-state index in [-0.39, 0.29) is 7.25 Å². The van der Waals surface area contributed by atoms with Gasteiger partial charge in [-0.2, -0.15) is 0 Å². The standard InChI is InChI=1S/2C10H8Br.C2H7Si.2ClH.Zr/c2*1-7-5-8-3-2-4-10(11)9(8)6-7;1-3-2;;;/h2*2-6H,1H3;3H,1-2H3;2*1H;/q;;;;;+2/p-2. The van der Waals surface area contributed by atoms with Crippen LogP contribution in [-0.4, -0.2) is 5.92 Å². The van der Waals surface area contributed by atoms with E-state index in [0.717, 1.165) is 8.95 Å². The van der Waals surface area contributed by atoms with Crippen molar-refractivity contribution in [2.75, 3.05) is 0 Å². The summed E-state index contributed by atoms with van der Waals surface area (Å²) in [5.74, 6) is -1.42. The zero-order valence-corrected chi connectivity index (χ0v) is 24.7. The molecular formula is C22H23Br2Cl2SiZr. The van der Waals surface area contributed by atoms with Crippen molar-refractivity contribution in [1.29, 1.82) is 0 Å². The molecule has 0 bridgehead atoms. The fourth-order valence-electron chi connectivity index (χ4n) is 5.33. The van der Waals surface area contributed by atoms with Crippen molar-refractivity contribution in [1.82, 2.24) is 0 Å². The van der Waals surface area contributed by atoms with E-state index in [1.807, 2.05) is 0 Å². The summed E-state index contributed by atoms with van der Waals surface area (Å²) in [6, 6.07) is 12.9. The molecular weight excluding hydrogens is 614 g/mol. The Balaban J connectivity index is 2.01. The molecule has 2 aromatic carbocycles. The van der Waals surface area contributed by atoms with Gasteiger partial charge >= 0.3 is 195 Å². The van der Waals surface area contributed by atoms with E-state index in [1.54, 1.807) is 0 Å². The van der Waals surface area contributed by atoms with Gasteiger partial charge in [0.25, 0.3) is 0 Å². The topological polar surface area (TPSA) is 0 Å². The van der Waals surface area contributed by atoms with E-state index in [4.69, 9.17) is 17.0 Å². The zero-order chi connectivity index (χ0) is 20.5. The van der Waals surface area contributed by atoms with Gasteiger partial charge in [-0.1, -0.05) is 0 Å². The average molecular weight is 637 g/mol. The van der Waals surface area contributed by atoms with Gasteiger partial charge in [0.05, 0.1) is 0 Å². The molecule has 0 fully saturated rings. The molecule has 2 aliphatic rings. The number of fused-ring (bicyclic) bond motifs is 2. The van der Waals surface area contributed by atoms with Gasteiger partial charge in [-0.05, 0) is 0 Å². The molecule has 4 rings (SSSR count). The number of hydrogen-bond acceptors (Lipinski definition) is 0. The van der Waals surface area contributed by atoms with Crippen LogP contribution in [0.3, 0.4) is 0 Å². The Morgan fingerprint density at radius 1 is 0.786 bits per heavy atom. The number of rotatable bonds is 3. The SMILES string of the molecule is CC1=Cc2c(Br)cccc2[CH]1[Zr]([Cl])([Cl])([CH]1C(C)=Cc2c(Br)cccc21)[SiH](C)C. The summed E-state index contributed by atoms with van der Waals surface area (Å²) in [5.41, 5.74) is 7.82. The summed E-state index contributed by atoms with van der Waals surface area (Å²) >= 11 is 3.07. The normalized spacial score (nSPS) is 22.4. The molecule has 147 valence electrons. The quantitative estimate of drug-likeness (QED) is 0.295. The van der Waals surface area contributed by atoms with Crippen LogP contribution in [0.1, 0.15) is 43.4 Å². The number of benzene rings is 2. The van der Waals surface area contributed by atoms with Crippen molar-refractivity contribution in [2.24, 2.45) is 0 Å². The van der Waals surface area contributed by atoms with Gasteiger partial charge in [0, 0.05) is 0 Å². The van der Waals surface area contributed by atoms with Crippen LogP contribution in [0.4, 0.5) is 0 Å². The van der Waals surface area contributed by atoms with Gasteiger partial charge in [-0.3, -0.25) is 0 Å². The average Bonchev–Trinajstić information content (AvgIpc) is 3.14. The molecule has 2 unspecified atom stereocenters. The number of allylic oxidation sites excluding steroid dienone is 2. The first-order valence-corrected chi connectivity index (χ1v) is 27.5. The Kier molecular flexibility index (Phi) is 5.69. The summed E-state index contributed by atoms with van der Waals surface area (Å²) < 4.78 is 2.60. The van der Waals surface area contributed by atoms with E-state index in [0.29, 0.717) is 0 Å². The molecule has 0 aromatic heterocycles. The molecule has 0 nitrogen and oxygen atoms in total. The molecule has 6 heteroatoms. The molecule has 0 aliphatic heterocycles. The molecule has 0 radical (unpaired) electrons. The van der Waals surface area contributed by atoms with Gasteiger partial charge in [0.1, 0.15) is 0 Å². The Morgan fingerprint density at radius 3 is 1.54 bits per heavy atom. The summed E-state index contributed by atoms with van der Waals surface area (Å²) in [7, 11) is 16.0. The van der Waals surface area contributed by atoms with E-state index in [9.17, 15) is 0 Å². The molecule has 0 N–H and O–H groups in total. The Labute approximate surface area is 193 Å². The van der Waals surface area contributed by atoms with Gasteiger partial charge < -0.3 is 0 Å². The third-order valence-corrected chi connectivity index (χ3v) is 60.3. The predicted octanol–water partition coefficient (Wildman–Crippen LogP) is 8.81. The van der Waals surface area contributed by atoms with Crippen molar-refractivity contribution in [3.63, 3.8) is 0 Å². The van der Waals surface area contributed by atoms with Crippen LogP contribution >= 0.6 is 48.9 Å². The number of hydrogen-bond donors (Lipinski definition) is 0. The fraction of sp³-hybridized carbons (Fsp3) is 0.273. The molecule has 0 amide bonds. The van der Waals surface area contributed by atoms with Crippen LogP contribution in [-0.2, 0) is 15.6 Å². The molecule has 2 atom stereocenters. The predicted molar refractivity (Wildman–Crippen MR) is 132 cm³/mol. The second-order valence-corrected chi connectivity index (χ2v) is 52.7. The first-order valence-electron chi connectivity index (χ1n) is 9.57. The third-order valence-electron chi connectivity index (χ3n) is 6.66. The maximum atomic E-state index is 8.02. The van der Waals surface area contributed by atoms with Crippen molar-refractivity contribution in [3.8, 4) is 0 Å². The van der Waals surface area contributed by atoms with Crippen LogP contribution in [0.25, 0.3) is 12.2 Å². The van der Waals surface area contributed by atoms with Crippen LogP contribution in [0.5, 0.6) is 0 Å². The monoisotopic (exact) mass is 633 g/mol. The number of halogens is 4. The first kappa shape index (κ1) is 21.8. The van der Waals surface area contributed by atoms with Gasteiger partial charge in [0.2, 0.25) is 0 Å². The third kappa shape index (κ3) is 2.96. The summed E-state index contributed by atoms with van der Waals surface area (Å²) in [4.78, 5) is 0. The van der Waals surface area contributed by atoms with Crippen LogP contribution in [0, 0.1) is 0 Å². The van der Waals surface area contributed by atoms with Crippen molar-refractivity contribution < 1.29 is 15.6 Å². The van der Waals surface area contributed by atoms with E-state index < -0.39 is 21.5 Å². The van der Waals surface area contributed by atoms with E-state index in [1.165, 1.54) is 33.4 Å². The summed E-state index contributed by atoms with van der Waals surface area (Å²) in [6.45, 7) is 9.19. The van der Waals surface area contributed by atoms with Crippen LogP contribution < -0.4 is 0 Å². The van der Waals surface area contributed by atoms with Crippen molar-refractivity contribution in [2.45, 2.75) is 34.2 Å². The minimum absolute atomic E-state index is 0.169. The molecule has 0 saturated carbocycles. The summed E-state index contributed by atoms with van der Waals surface area (Å²) in [5, 5.41) is 0. The van der Waals surface area contributed by atoms with E-state index in [2.05, 4.69) is 107 Å². The first-order chi connectivity index (χ1) is 13.1. The molecule has 0 saturated heterocycles. The maximum absolute atomic E-state index is 8.02. The Morgan fingerprint density at radius 2 is 1.18 bits per heavy atom. The fourth-order valence-corrected chi connectivity index (χ4v) is 39.2. The second kappa shape index (κ2) is 7.31. The van der Waals surface area contributed by atoms with Crippen LogP contribution in [0.15, 0.2) is 56.5 Å². The summed E-state index contributed by atoms with van der Waals surface area (Å²) in [6.07, 6.45) is 4.60. The van der Waals surface area contributed by atoms with Gasteiger partial charge in [0.15, 0.2) is 0 Å². The van der Waals surface area contributed by atoms with Gasteiger partial charge in [-0.15, -0.1) is 0 Å². The zero-order valence-electron chi connectivity index (χ0n) is 16.4. The molecule has 2 aromatic rings.